The highest BCUT2D eigenvalue weighted by Crippen LogP contribution is 2.53. The minimum absolute atomic E-state index is 0.0741. The minimum atomic E-state index is -0.835. The van der Waals surface area contributed by atoms with Crippen LogP contribution >= 0.6 is 0 Å². The third kappa shape index (κ3) is 4.47. The molecule has 1 fully saturated rings. The highest BCUT2D eigenvalue weighted by atomic mass is 16.5. The molecule has 0 aromatic rings. The molecular weight excluding hydrogens is 237 g/mol. The summed E-state index contributed by atoms with van der Waals surface area (Å²) in [4.78, 5) is 0. The van der Waals surface area contributed by atoms with Crippen LogP contribution in [0.5, 0.6) is 0 Å². The van der Waals surface area contributed by atoms with Crippen LogP contribution in [0.15, 0.2) is 0 Å². The van der Waals surface area contributed by atoms with E-state index in [1.54, 1.807) is 0 Å². The van der Waals surface area contributed by atoms with Crippen molar-refractivity contribution in [1.82, 2.24) is 0 Å². The third-order valence-electron chi connectivity index (χ3n) is 5.06. The molecule has 2 unspecified atom stereocenters. The van der Waals surface area contributed by atoms with E-state index in [2.05, 4.69) is 34.6 Å². The molecule has 3 nitrogen and oxygen atoms in total. The van der Waals surface area contributed by atoms with Gasteiger partial charge in [0.1, 0.15) is 0 Å². The van der Waals surface area contributed by atoms with E-state index in [4.69, 9.17) is 10.4 Å². The van der Waals surface area contributed by atoms with Crippen molar-refractivity contribution in [2.45, 2.75) is 72.9 Å². The summed E-state index contributed by atoms with van der Waals surface area (Å²) < 4.78 is 5.68. The lowest BCUT2D eigenvalue weighted by Gasteiger charge is -2.52. The van der Waals surface area contributed by atoms with Gasteiger partial charge >= 0.3 is 7.12 Å². The van der Waals surface area contributed by atoms with E-state index in [1.165, 1.54) is 6.42 Å². The molecule has 0 aromatic carbocycles. The number of hydrogen-bond acceptors (Lipinski definition) is 3. The number of nitrogens with two attached hydrogens (primary N) is 1. The fourth-order valence-corrected chi connectivity index (χ4v) is 3.13. The highest BCUT2D eigenvalue weighted by molar-refractivity contribution is 6.44. The molecule has 0 aliphatic heterocycles. The Morgan fingerprint density at radius 2 is 1.95 bits per heavy atom. The zero-order chi connectivity index (χ0) is 14.8. The van der Waals surface area contributed by atoms with Gasteiger partial charge < -0.3 is 15.4 Å². The molecule has 19 heavy (non-hydrogen) atoms. The molecule has 0 aromatic heterocycles. The summed E-state index contributed by atoms with van der Waals surface area (Å²) in [6.07, 6.45) is 3.15. The Kier molecular flexibility index (Phi) is 5.90. The summed E-state index contributed by atoms with van der Waals surface area (Å²) in [5.41, 5.74) is 6.35. The molecule has 0 bridgehead atoms. The van der Waals surface area contributed by atoms with E-state index in [0.717, 1.165) is 18.8 Å². The summed E-state index contributed by atoms with van der Waals surface area (Å²) in [5, 5.41) is 9.98. The molecule has 4 heteroatoms. The first-order valence-corrected chi connectivity index (χ1v) is 7.73. The second kappa shape index (κ2) is 6.60. The average Bonchev–Trinajstić information content (AvgIpc) is 2.27. The first kappa shape index (κ1) is 17.0. The third-order valence-corrected chi connectivity index (χ3v) is 5.06. The average molecular weight is 269 g/mol. The van der Waals surface area contributed by atoms with E-state index in [9.17, 15) is 5.02 Å². The summed E-state index contributed by atoms with van der Waals surface area (Å²) in [5.74, 6) is 1.69. The van der Waals surface area contributed by atoms with Crippen molar-refractivity contribution >= 4 is 7.12 Å². The fraction of sp³-hybridized carbons (Fsp3) is 1.00. The Bertz CT molecular complexity index is 283. The Balaban J connectivity index is 2.33. The van der Waals surface area contributed by atoms with Crippen LogP contribution in [0.3, 0.4) is 0 Å². The molecule has 3 N–H and O–H groups in total. The van der Waals surface area contributed by atoms with Gasteiger partial charge in [0.2, 0.25) is 0 Å². The molecular formula is C15H32BNO2. The molecule has 0 spiro atoms. The maximum absolute atomic E-state index is 9.98. The number of rotatable bonds is 7. The van der Waals surface area contributed by atoms with E-state index in [0.29, 0.717) is 17.3 Å². The lowest BCUT2D eigenvalue weighted by Crippen LogP contribution is -2.47. The van der Waals surface area contributed by atoms with Crippen molar-refractivity contribution in [1.29, 1.82) is 0 Å². The minimum Gasteiger partial charge on any atom is -0.426 e. The van der Waals surface area contributed by atoms with Gasteiger partial charge in [0.15, 0.2) is 0 Å². The molecule has 112 valence electrons. The van der Waals surface area contributed by atoms with E-state index in [1.807, 2.05) is 6.92 Å². The van der Waals surface area contributed by atoms with Gasteiger partial charge in [0, 0.05) is 12.0 Å². The second-order valence-corrected chi connectivity index (χ2v) is 7.52. The van der Waals surface area contributed by atoms with Gasteiger partial charge in [-0.1, -0.05) is 34.6 Å². The van der Waals surface area contributed by atoms with Crippen molar-refractivity contribution in [2.24, 2.45) is 28.9 Å². The largest absolute Gasteiger partial charge is 0.472 e. The van der Waals surface area contributed by atoms with Crippen LogP contribution in [-0.4, -0.2) is 24.2 Å². The van der Waals surface area contributed by atoms with Crippen molar-refractivity contribution in [3.05, 3.63) is 0 Å². The smallest absolute Gasteiger partial charge is 0.426 e. The van der Waals surface area contributed by atoms with E-state index in [-0.39, 0.29) is 12.0 Å². The first-order valence-electron chi connectivity index (χ1n) is 7.73. The Morgan fingerprint density at radius 1 is 1.37 bits per heavy atom. The van der Waals surface area contributed by atoms with Crippen molar-refractivity contribution < 1.29 is 9.68 Å². The zero-order valence-corrected chi connectivity index (χ0v) is 13.5. The van der Waals surface area contributed by atoms with Crippen LogP contribution in [0.1, 0.15) is 60.8 Å². The Labute approximate surface area is 119 Å². The fourth-order valence-electron chi connectivity index (χ4n) is 3.13. The van der Waals surface area contributed by atoms with Crippen LogP contribution in [0.4, 0.5) is 0 Å². The molecule has 4 atom stereocenters. The Hall–Kier alpha value is -0.0551. The van der Waals surface area contributed by atoms with Crippen LogP contribution in [0, 0.1) is 23.2 Å². The van der Waals surface area contributed by atoms with Crippen molar-refractivity contribution in [3.8, 4) is 0 Å². The normalized spacial score (nSPS) is 28.9. The molecule has 0 heterocycles. The SMILES string of the molecule is CC(C)C[C@H](N)B(O)OC(C)C[C@@H]1CC(C)C1(C)C. The lowest BCUT2D eigenvalue weighted by molar-refractivity contribution is -0.0342. The predicted octanol–water partition coefficient (Wildman–Crippen LogP) is 2.86. The van der Waals surface area contributed by atoms with Crippen molar-refractivity contribution in [3.63, 3.8) is 0 Å². The standard InChI is InChI=1S/C15H32BNO2/c1-10(2)7-14(17)16(18)19-12(4)9-13-8-11(3)15(13,5)6/h10-14,18H,7-9,17H2,1-6H3/t11?,12?,13-,14-/m0/s1. The molecule has 1 aliphatic rings. The molecule has 1 saturated carbocycles. The van der Waals surface area contributed by atoms with E-state index < -0.39 is 7.12 Å². The van der Waals surface area contributed by atoms with Gasteiger partial charge in [-0.2, -0.15) is 0 Å². The maximum atomic E-state index is 9.98. The van der Waals surface area contributed by atoms with Crippen LogP contribution in [0.2, 0.25) is 0 Å². The molecule has 0 saturated heterocycles. The summed E-state index contributed by atoms with van der Waals surface area (Å²) in [6.45, 7) is 13.2. The van der Waals surface area contributed by atoms with Gasteiger partial charge in [-0.25, -0.2) is 0 Å². The lowest BCUT2D eigenvalue weighted by atomic mass is 9.54. The summed E-state index contributed by atoms with van der Waals surface area (Å²) in [6, 6.07) is 0. The predicted molar refractivity (Wildman–Crippen MR) is 81.6 cm³/mol. The molecule has 1 rings (SSSR count). The monoisotopic (exact) mass is 269 g/mol. The molecule has 0 amide bonds. The summed E-state index contributed by atoms with van der Waals surface area (Å²) in [7, 11) is -0.835. The topological polar surface area (TPSA) is 55.5 Å². The Morgan fingerprint density at radius 3 is 2.37 bits per heavy atom. The van der Waals surface area contributed by atoms with Crippen LogP contribution in [0.25, 0.3) is 0 Å². The number of hydrogen-bond donors (Lipinski definition) is 2. The van der Waals surface area contributed by atoms with Gasteiger partial charge in [0.05, 0.1) is 0 Å². The molecule has 0 radical (unpaired) electrons. The van der Waals surface area contributed by atoms with Gasteiger partial charge in [0.25, 0.3) is 0 Å². The van der Waals surface area contributed by atoms with Crippen molar-refractivity contribution in [2.75, 3.05) is 0 Å². The second-order valence-electron chi connectivity index (χ2n) is 7.52. The molecule has 1 aliphatic carbocycles. The van der Waals surface area contributed by atoms with Gasteiger partial charge in [-0.15, -0.1) is 0 Å². The van der Waals surface area contributed by atoms with Gasteiger partial charge in [-0.3, -0.25) is 0 Å². The van der Waals surface area contributed by atoms with Gasteiger partial charge in [-0.05, 0) is 49.4 Å². The maximum Gasteiger partial charge on any atom is 0.472 e. The quantitative estimate of drug-likeness (QED) is 0.699. The van der Waals surface area contributed by atoms with Crippen LogP contribution < -0.4 is 5.73 Å². The highest BCUT2D eigenvalue weighted by Gasteiger charge is 2.45. The summed E-state index contributed by atoms with van der Waals surface area (Å²) >= 11 is 0. The van der Waals surface area contributed by atoms with Crippen LogP contribution in [-0.2, 0) is 4.65 Å². The zero-order valence-electron chi connectivity index (χ0n) is 13.5. The first-order chi connectivity index (χ1) is 8.64. The van der Waals surface area contributed by atoms with E-state index >= 15 is 0 Å².